The van der Waals surface area contributed by atoms with E-state index in [0.29, 0.717) is 12.4 Å². The summed E-state index contributed by atoms with van der Waals surface area (Å²) >= 11 is 5.05. The number of thiazole rings is 1. The average Bonchev–Trinajstić information content (AvgIpc) is 2.90. The molecule has 0 unspecified atom stereocenters. The van der Waals surface area contributed by atoms with Gasteiger partial charge in [0.1, 0.15) is 5.75 Å². The molecule has 21 heavy (non-hydrogen) atoms. The molecule has 0 radical (unpaired) electrons. The van der Waals surface area contributed by atoms with E-state index in [9.17, 15) is 0 Å². The standard InChI is InChI=1S/C14H18BrN3O2S/c1-18(2)14-17-13(20-4)12(21-14)8-16-9-5-6-10(15)11(7-9)19-3/h5-7,16H,8H2,1-4H3. The molecule has 114 valence electrons. The molecule has 0 atom stereocenters. The van der Waals surface area contributed by atoms with Crippen LogP contribution >= 0.6 is 27.3 Å². The highest BCUT2D eigenvalue weighted by Crippen LogP contribution is 2.32. The minimum atomic E-state index is 0.652. The Morgan fingerprint density at radius 1 is 1.29 bits per heavy atom. The maximum absolute atomic E-state index is 5.33. The highest BCUT2D eigenvalue weighted by Gasteiger charge is 2.13. The third kappa shape index (κ3) is 3.79. The van der Waals surface area contributed by atoms with Gasteiger partial charge in [-0.2, -0.15) is 4.98 Å². The zero-order valence-electron chi connectivity index (χ0n) is 12.4. The Bertz CT molecular complexity index is 616. The van der Waals surface area contributed by atoms with E-state index in [-0.39, 0.29) is 0 Å². The SMILES string of the molecule is COc1cc(NCc2sc(N(C)C)nc2OC)ccc1Br. The molecule has 0 bridgehead atoms. The number of ether oxygens (including phenoxy) is 2. The third-order valence-electron chi connectivity index (χ3n) is 2.83. The second-order valence-electron chi connectivity index (χ2n) is 4.53. The van der Waals surface area contributed by atoms with Crippen LogP contribution < -0.4 is 19.7 Å². The highest BCUT2D eigenvalue weighted by molar-refractivity contribution is 9.10. The van der Waals surface area contributed by atoms with Crippen molar-refractivity contribution in [1.82, 2.24) is 4.98 Å². The molecule has 2 aromatic rings. The van der Waals surface area contributed by atoms with Gasteiger partial charge in [-0.3, -0.25) is 0 Å². The predicted molar refractivity (Wildman–Crippen MR) is 91.0 cm³/mol. The lowest BCUT2D eigenvalue weighted by molar-refractivity contribution is 0.397. The number of methoxy groups -OCH3 is 2. The minimum Gasteiger partial charge on any atom is -0.495 e. The van der Waals surface area contributed by atoms with E-state index in [1.54, 1.807) is 25.6 Å². The molecule has 7 heteroatoms. The molecule has 0 aliphatic rings. The normalized spacial score (nSPS) is 10.3. The number of aromatic nitrogens is 1. The Kier molecular flexibility index (Phi) is 5.30. The highest BCUT2D eigenvalue weighted by atomic mass is 79.9. The zero-order valence-corrected chi connectivity index (χ0v) is 14.8. The lowest BCUT2D eigenvalue weighted by atomic mass is 10.3. The lowest BCUT2D eigenvalue weighted by Crippen LogP contribution is -2.07. The van der Waals surface area contributed by atoms with E-state index >= 15 is 0 Å². The summed E-state index contributed by atoms with van der Waals surface area (Å²) in [4.78, 5) is 7.47. The van der Waals surface area contributed by atoms with E-state index in [4.69, 9.17) is 9.47 Å². The minimum absolute atomic E-state index is 0.652. The van der Waals surface area contributed by atoms with Gasteiger partial charge in [-0.05, 0) is 28.1 Å². The fourth-order valence-electron chi connectivity index (χ4n) is 1.74. The summed E-state index contributed by atoms with van der Waals surface area (Å²) in [6, 6.07) is 5.90. The Labute approximate surface area is 137 Å². The zero-order chi connectivity index (χ0) is 15.4. The van der Waals surface area contributed by atoms with Crippen LogP contribution in [0, 0.1) is 0 Å². The number of benzene rings is 1. The van der Waals surface area contributed by atoms with Crippen molar-refractivity contribution in [2.75, 3.05) is 38.5 Å². The number of anilines is 2. The summed E-state index contributed by atoms with van der Waals surface area (Å²) in [6.07, 6.45) is 0. The van der Waals surface area contributed by atoms with Gasteiger partial charge < -0.3 is 19.7 Å². The lowest BCUT2D eigenvalue weighted by Gasteiger charge is -2.09. The second kappa shape index (κ2) is 7.00. The maximum Gasteiger partial charge on any atom is 0.231 e. The van der Waals surface area contributed by atoms with Gasteiger partial charge >= 0.3 is 0 Å². The van der Waals surface area contributed by atoms with Crippen molar-refractivity contribution in [2.45, 2.75) is 6.54 Å². The molecule has 1 N–H and O–H groups in total. The summed E-state index contributed by atoms with van der Waals surface area (Å²) in [5.74, 6) is 1.46. The van der Waals surface area contributed by atoms with E-state index in [0.717, 1.165) is 25.9 Å². The molecule has 0 aliphatic heterocycles. The van der Waals surface area contributed by atoms with Gasteiger partial charge in [-0.25, -0.2) is 0 Å². The van der Waals surface area contributed by atoms with Gasteiger partial charge in [-0.1, -0.05) is 11.3 Å². The molecule has 0 aliphatic carbocycles. The fraction of sp³-hybridized carbons (Fsp3) is 0.357. The van der Waals surface area contributed by atoms with Crippen molar-refractivity contribution in [3.63, 3.8) is 0 Å². The van der Waals surface area contributed by atoms with Gasteiger partial charge in [0.05, 0.1) is 30.1 Å². The van der Waals surface area contributed by atoms with E-state index < -0.39 is 0 Å². The van der Waals surface area contributed by atoms with Crippen molar-refractivity contribution in [3.8, 4) is 11.6 Å². The first-order valence-electron chi connectivity index (χ1n) is 6.33. The monoisotopic (exact) mass is 371 g/mol. The number of halogens is 1. The summed E-state index contributed by atoms with van der Waals surface area (Å²) in [6.45, 7) is 0.652. The van der Waals surface area contributed by atoms with Gasteiger partial charge in [-0.15, -0.1) is 0 Å². The molecule has 0 saturated carbocycles. The Morgan fingerprint density at radius 2 is 2.05 bits per heavy atom. The van der Waals surface area contributed by atoms with Crippen molar-refractivity contribution >= 4 is 38.1 Å². The molecule has 0 fully saturated rings. The molecule has 1 aromatic heterocycles. The summed E-state index contributed by atoms with van der Waals surface area (Å²) < 4.78 is 11.6. The Balaban J connectivity index is 2.12. The largest absolute Gasteiger partial charge is 0.495 e. The smallest absolute Gasteiger partial charge is 0.231 e. The van der Waals surface area contributed by atoms with Gasteiger partial charge in [0, 0.05) is 25.8 Å². The molecule has 2 rings (SSSR count). The van der Waals surface area contributed by atoms with Crippen LogP contribution in [0.3, 0.4) is 0 Å². The number of hydrogen-bond acceptors (Lipinski definition) is 6. The number of rotatable bonds is 6. The maximum atomic E-state index is 5.33. The predicted octanol–water partition coefficient (Wildman–Crippen LogP) is 3.60. The number of hydrogen-bond donors (Lipinski definition) is 1. The summed E-state index contributed by atoms with van der Waals surface area (Å²) in [5.41, 5.74) is 0.983. The molecule has 0 amide bonds. The molecular weight excluding hydrogens is 354 g/mol. The second-order valence-corrected chi connectivity index (χ2v) is 6.44. The van der Waals surface area contributed by atoms with Crippen LogP contribution in [0.5, 0.6) is 11.6 Å². The van der Waals surface area contributed by atoms with Crippen molar-refractivity contribution in [2.24, 2.45) is 0 Å². The van der Waals surface area contributed by atoms with Crippen LogP contribution in [0.25, 0.3) is 0 Å². The molecule has 0 spiro atoms. The molecule has 1 heterocycles. The van der Waals surface area contributed by atoms with Crippen LogP contribution in [-0.2, 0) is 6.54 Å². The van der Waals surface area contributed by atoms with E-state index in [1.807, 2.05) is 37.2 Å². The van der Waals surface area contributed by atoms with Crippen LogP contribution in [0.1, 0.15) is 4.88 Å². The van der Waals surface area contributed by atoms with Crippen LogP contribution in [0.15, 0.2) is 22.7 Å². The van der Waals surface area contributed by atoms with E-state index in [1.165, 1.54) is 0 Å². The Morgan fingerprint density at radius 3 is 2.67 bits per heavy atom. The first kappa shape index (κ1) is 15.9. The van der Waals surface area contributed by atoms with Gasteiger partial charge in [0.15, 0.2) is 5.13 Å². The molecular formula is C14H18BrN3O2S. The first-order chi connectivity index (χ1) is 10.0. The third-order valence-corrected chi connectivity index (χ3v) is 4.69. The van der Waals surface area contributed by atoms with Crippen molar-refractivity contribution in [3.05, 3.63) is 27.5 Å². The molecule has 5 nitrogen and oxygen atoms in total. The van der Waals surface area contributed by atoms with Gasteiger partial charge in [0.2, 0.25) is 5.88 Å². The van der Waals surface area contributed by atoms with Crippen molar-refractivity contribution in [1.29, 1.82) is 0 Å². The molecule has 1 aromatic carbocycles. The average molecular weight is 372 g/mol. The Hall–Kier alpha value is -1.47. The topological polar surface area (TPSA) is 46.6 Å². The summed E-state index contributed by atoms with van der Waals surface area (Å²) in [5, 5.41) is 4.29. The van der Waals surface area contributed by atoms with Crippen LogP contribution in [0.2, 0.25) is 0 Å². The van der Waals surface area contributed by atoms with Crippen LogP contribution in [0.4, 0.5) is 10.8 Å². The fourth-order valence-corrected chi connectivity index (χ4v) is 3.04. The quantitative estimate of drug-likeness (QED) is 0.840. The van der Waals surface area contributed by atoms with E-state index in [2.05, 4.69) is 26.2 Å². The van der Waals surface area contributed by atoms with Crippen LogP contribution in [-0.4, -0.2) is 33.3 Å². The first-order valence-corrected chi connectivity index (χ1v) is 7.94. The van der Waals surface area contributed by atoms with Crippen molar-refractivity contribution < 1.29 is 9.47 Å². The van der Waals surface area contributed by atoms with Gasteiger partial charge in [0.25, 0.3) is 0 Å². The molecule has 0 saturated heterocycles. The summed E-state index contributed by atoms with van der Waals surface area (Å²) in [7, 11) is 7.23. The number of nitrogens with zero attached hydrogens (tertiary/aromatic N) is 2. The number of nitrogens with one attached hydrogen (secondary N) is 1.